The average Bonchev–Trinajstić information content (AvgIpc) is 3.06. The number of methoxy groups -OCH3 is 1. The number of ether oxygens (including phenoxy) is 1. The molecule has 2 aromatic carbocycles. The first-order valence-corrected chi connectivity index (χ1v) is 8.95. The topological polar surface area (TPSA) is 44.1 Å². The van der Waals surface area contributed by atoms with Crippen LogP contribution in [0.25, 0.3) is 27.9 Å². The van der Waals surface area contributed by atoms with Crippen LogP contribution < -0.4 is 4.74 Å². The van der Waals surface area contributed by atoms with E-state index in [2.05, 4.69) is 28.6 Å². The number of allylic oxidation sites excluding steroid dienone is 1. The summed E-state index contributed by atoms with van der Waals surface area (Å²) in [5.41, 5.74) is 3.65. The van der Waals surface area contributed by atoms with E-state index in [0.717, 1.165) is 28.9 Å². The summed E-state index contributed by atoms with van der Waals surface area (Å²) >= 11 is 0. The van der Waals surface area contributed by atoms with Crippen LogP contribution in [-0.4, -0.2) is 22.4 Å². The van der Waals surface area contributed by atoms with Crippen LogP contribution in [0.15, 0.2) is 66.9 Å². The molecule has 4 rings (SSSR count). The number of nitrogens with zero attached hydrogens (tertiary/aromatic N) is 2. The zero-order valence-electron chi connectivity index (χ0n) is 15.3. The highest BCUT2D eigenvalue weighted by molar-refractivity contribution is 6.11. The summed E-state index contributed by atoms with van der Waals surface area (Å²) < 4.78 is 7.38. The first-order valence-electron chi connectivity index (χ1n) is 8.95. The number of rotatable bonds is 5. The third-order valence-electron chi connectivity index (χ3n) is 4.79. The number of pyridine rings is 1. The predicted octanol–water partition coefficient (Wildman–Crippen LogP) is 5.11. The molecule has 0 bridgehead atoms. The van der Waals surface area contributed by atoms with Gasteiger partial charge >= 0.3 is 0 Å². The van der Waals surface area contributed by atoms with E-state index in [1.807, 2.05) is 18.2 Å². The molecular weight excluding hydrogens is 336 g/mol. The molecule has 0 aliphatic heterocycles. The van der Waals surface area contributed by atoms with Gasteiger partial charge in [0, 0.05) is 34.6 Å². The molecule has 134 valence electrons. The second kappa shape index (κ2) is 7.08. The molecule has 0 amide bonds. The lowest BCUT2D eigenvalue weighted by atomic mass is 10.1. The smallest absolute Gasteiger partial charge is 0.185 e. The van der Waals surface area contributed by atoms with Gasteiger partial charge in [0.05, 0.1) is 18.3 Å². The van der Waals surface area contributed by atoms with Gasteiger partial charge in [-0.15, -0.1) is 0 Å². The van der Waals surface area contributed by atoms with Crippen LogP contribution in [0.2, 0.25) is 0 Å². The number of carbonyl (C=O) groups excluding carboxylic acids is 1. The Hall–Kier alpha value is -3.40. The lowest BCUT2D eigenvalue weighted by molar-refractivity contribution is 0.104. The normalized spacial score (nSPS) is 11.5. The van der Waals surface area contributed by atoms with Gasteiger partial charge in [0.2, 0.25) is 0 Å². The number of hydrogen-bond acceptors (Lipinski definition) is 3. The zero-order chi connectivity index (χ0) is 18.8. The molecule has 0 aliphatic rings. The number of ketones is 1. The maximum absolute atomic E-state index is 12.5. The fraction of sp³-hybridized carbons (Fsp3) is 0.130. The van der Waals surface area contributed by atoms with Crippen LogP contribution in [0.1, 0.15) is 23.0 Å². The Kier molecular flexibility index (Phi) is 4.47. The van der Waals surface area contributed by atoms with Crippen molar-refractivity contribution in [1.29, 1.82) is 0 Å². The molecule has 0 fully saturated rings. The van der Waals surface area contributed by atoms with Crippen molar-refractivity contribution in [2.45, 2.75) is 13.5 Å². The highest BCUT2D eigenvalue weighted by Gasteiger charge is 2.12. The summed E-state index contributed by atoms with van der Waals surface area (Å²) in [6.07, 6.45) is 5.19. The standard InChI is InChI=1S/C23H20N2O2/c1-3-25-21-7-5-4-6-18(21)19-14-15-24-20(23(19)25)12-13-22(26)16-8-10-17(27-2)11-9-16/h4-15H,3H2,1-2H3/b13-12+. The highest BCUT2D eigenvalue weighted by atomic mass is 16.5. The minimum Gasteiger partial charge on any atom is -0.497 e. The third kappa shape index (κ3) is 2.99. The van der Waals surface area contributed by atoms with E-state index in [1.54, 1.807) is 49.7 Å². The fourth-order valence-corrected chi connectivity index (χ4v) is 3.48. The predicted molar refractivity (Wildman–Crippen MR) is 109 cm³/mol. The quantitative estimate of drug-likeness (QED) is 0.368. The largest absolute Gasteiger partial charge is 0.497 e. The Balaban J connectivity index is 1.77. The molecule has 0 N–H and O–H groups in total. The van der Waals surface area contributed by atoms with Crippen molar-refractivity contribution in [3.63, 3.8) is 0 Å². The molecule has 4 aromatic rings. The number of hydrogen-bond donors (Lipinski definition) is 0. The molecule has 4 nitrogen and oxygen atoms in total. The molecule has 0 spiro atoms. The first-order chi connectivity index (χ1) is 13.2. The average molecular weight is 356 g/mol. The molecule has 2 heterocycles. The Labute approximate surface area is 157 Å². The van der Waals surface area contributed by atoms with Crippen molar-refractivity contribution in [1.82, 2.24) is 9.55 Å². The van der Waals surface area contributed by atoms with E-state index in [4.69, 9.17) is 4.74 Å². The van der Waals surface area contributed by atoms with Crippen LogP contribution >= 0.6 is 0 Å². The Bertz CT molecular complexity index is 1150. The maximum atomic E-state index is 12.5. The summed E-state index contributed by atoms with van der Waals surface area (Å²) in [5.74, 6) is 0.671. The molecule has 4 heteroatoms. The van der Waals surface area contributed by atoms with Crippen LogP contribution in [-0.2, 0) is 6.54 Å². The molecule has 0 radical (unpaired) electrons. The monoisotopic (exact) mass is 356 g/mol. The van der Waals surface area contributed by atoms with E-state index >= 15 is 0 Å². The number of benzene rings is 2. The first kappa shape index (κ1) is 17.0. The second-order valence-electron chi connectivity index (χ2n) is 6.28. The van der Waals surface area contributed by atoms with E-state index in [0.29, 0.717) is 5.56 Å². The van der Waals surface area contributed by atoms with E-state index < -0.39 is 0 Å². The number of carbonyl (C=O) groups is 1. The van der Waals surface area contributed by atoms with E-state index in [9.17, 15) is 4.79 Å². The summed E-state index contributed by atoms with van der Waals surface area (Å²) in [5, 5.41) is 2.35. The van der Waals surface area contributed by atoms with Crippen LogP contribution in [0, 0.1) is 0 Å². The Morgan fingerprint density at radius 3 is 2.59 bits per heavy atom. The van der Waals surface area contributed by atoms with Crippen molar-refractivity contribution < 1.29 is 9.53 Å². The fourth-order valence-electron chi connectivity index (χ4n) is 3.48. The lowest BCUT2D eigenvalue weighted by Crippen LogP contribution is -1.97. The third-order valence-corrected chi connectivity index (χ3v) is 4.79. The molecule has 0 aliphatic carbocycles. The van der Waals surface area contributed by atoms with Gasteiger partial charge in [-0.2, -0.15) is 0 Å². The molecule has 0 saturated carbocycles. The molecule has 0 unspecified atom stereocenters. The van der Waals surface area contributed by atoms with E-state index in [1.165, 1.54) is 10.9 Å². The minimum absolute atomic E-state index is 0.0596. The summed E-state index contributed by atoms with van der Waals surface area (Å²) in [4.78, 5) is 17.0. The SMILES string of the molecule is CCn1c2ccccc2c2ccnc(/C=C/C(=O)c3ccc(OC)cc3)c21. The number of aromatic nitrogens is 2. The van der Waals surface area contributed by atoms with Crippen molar-refractivity contribution >= 4 is 33.7 Å². The second-order valence-corrected chi connectivity index (χ2v) is 6.28. The minimum atomic E-state index is -0.0596. The Morgan fingerprint density at radius 2 is 1.85 bits per heavy atom. The number of para-hydroxylation sites is 1. The van der Waals surface area contributed by atoms with Gasteiger partial charge in [0.15, 0.2) is 5.78 Å². The number of aryl methyl sites for hydroxylation is 1. The summed E-state index contributed by atoms with van der Waals surface area (Å²) in [7, 11) is 1.61. The Morgan fingerprint density at radius 1 is 1.07 bits per heavy atom. The van der Waals surface area contributed by atoms with Gasteiger partial charge in [0.1, 0.15) is 5.75 Å². The van der Waals surface area contributed by atoms with Gasteiger partial charge in [-0.25, -0.2) is 0 Å². The van der Waals surface area contributed by atoms with Crippen LogP contribution in [0.3, 0.4) is 0 Å². The van der Waals surface area contributed by atoms with E-state index in [-0.39, 0.29) is 5.78 Å². The van der Waals surface area contributed by atoms with Gasteiger partial charge in [-0.1, -0.05) is 18.2 Å². The van der Waals surface area contributed by atoms with Crippen molar-refractivity contribution in [2.24, 2.45) is 0 Å². The highest BCUT2D eigenvalue weighted by Crippen LogP contribution is 2.30. The van der Waals surface area contributed by atoms with Crippen molar-refractivity contribution in [2.75, 3.05) is 7.11 Å². The zero-order valence-corrected chi connectivity index (χ0v) is 15.3. The van der Waals surface area contributed by atoms with Gasteiger partial charge in [0.25, 0.3) is 0 Å². The molecule has 0 saturated heterocycles. The number of fused-ring (bicyclic) bond motifs is 3. The molecular formula is C23H20N2O2. The molecule has 2 aromatic heterocycles. The van der Waals surface area contributed by atoms with Crippen LogP contribution in [0.4, 0.5) is 0 Å². The molecule has 27 heavy (non-hydrogen) atoms. The summed E-state index contributed by atoms with van der Waals surface area (Å²) in [6.45, 7) is 2.96. The van der Waals surface area contributed by atoms with Crippen LogP contribution in [0.5, 0.6) is 5.75 Å². The van der Waals surface area contributed by atoms with Crippen molar-refractivity contribution in [3.8, 4) is 5.75 Å². The van der Waals surface area contributed by atoms with Crippen molar-refractivity contribution in [3.05, 3.63) is 78.1 Å². The van der Waals surface area contributed by atoms with Gasteiger partial charge in [-0.05, 0) is 55.5 Å². The van der Waals surface area contributed by atoms with Gasteiger partial charge < -0.3 is 9.30 Å². The lowest BCUT2D eigenvalue weighted by Gasteiger charge is -2.05. The van der Waals surface area contributed by atoms with Gasteiger partial charge in [-0.3, -0.25) is 9.78 Å². The summed E-state index contributed by atoms with van der Waals surface area (Å²) in [6, 6.07) is 17.5. The maximum Gasteiger partial charge on any atom is 0.185 e. The molecule has 0 atom stereocenters.